The van der Waals surface area contributed by atoms with Crippen molar-refractivity contribution in [1.29, 1.82) is 0 Å². The average Bonchev–Trinajstić information content (AvgIpc) is 3.65. The second kappa shape index (κ2) is 12.5. The highest BCUT2D eigenvalue weighted by atomic mass is 16.5. The normalized spacial score (nSPS) is 16.0. The number of aliphatic carboxylic acids is 1. The van der Waals surface area contributed by atoms with Gasteiger partial charge in [-0.25, -0.2) is 9.78 Å². The summed E-state index contributed by atoms with van der Waals surface area (Å²) in [5.41, 5.74) is 3.58. The number of aromatic nitrogens is 5. The summed E-state index contributed by atoms with van der Waals surface area (Å²) in [7, 11) is 1.99. The van der Waals surface area contributed by atoms with Gasteiger partial charge in [0.05, 0.1) is 24.7 Å². The van der Waals surface area contributed by atoms with Crippen LogP contribution >= 0.6 is 0 Å². The summed E-state index contributed by atoms with van der Waals surface area (Å²) in [6.07, 6.45) is 15.0. The molecule has 1 aromatic carbocycles. The van der Waals surface area contributed by atoms with Gasteiger partial charge in [0, 0.05) is 42.0 Å². The van der Waals surface area contributed by atoms with Gasteiger partial charge in [-0.1, -0.05) is 18.9 Å². The number of amides is 2. The number of ether oxygens (including phenoxy) is 1. The van der Waals surface area contributed by atoms with E-state index in [1.165, 1.54) is 30.7 Å². The van der Waals surface area contributed by atoms with Crippen molar-refractivity contribution >= 4 is 40.6 Å². The molecular weight excluding hydrogens is 574 g/mol. The molecule has 232 valence electrons. The molecule has 3 heterocycles. The molecule has 3 aromatic heterocycles. The van der Waals surface area contributed by atoms with Crippen LogP contribution in [0.2, 0.25) is 0 Å². The molecule has 0 aliphatic heterocycles. The Kier molecular flexibility index (Phi) is 8.29. The van der Waals surface area contributed by atoms with Crippen LogP contribution in [-0.4, -0.2) is 59.5 Å². The number of hydrogen-bond donors (Lipinski definition) is 3. The number of carboxylic acids is 1. The summed E-state index contributed by atoms with van der Waals surface area (Å²) in [4.78, 5) is 55.6. The lowest BCUT2D eigenvalue weighted by Crippen LogP contribution is -2.61. The third-order valence-corrected chi connectivity index (χ3v) is 8.74. The Balaban J connectivity index is 1.26. The van der Waals surface area contributed by atoms with Gasteiger partial charge in [-0.2, -0.15) is 4.98 Å². The Morgan fingerprint density at radius 3 is 2.58 bits per heavy atom. The summed E-state index contributed by atoms with van der Waals surface area (Å²) >= 11 is 0. The lowest BCUT2D eigenvalue weighted by Gasteiger charge is -2.40. The third-order valence-electron chi connectivity index (χ3n) is 8.74. The van der Waals surface area contributed by atoms with E-state index in [0.717, 1.165) is 47.6 Å². The molecule has 0 radical (unpaired) electrons. The number of nitrogens with one attached hydrogen (secondary N) is 2. The van der Waals surface area contributed by atoms with Gasteiger partial charge in [0.1, 0.15) is 16.9 Å². The zero-order chi connectivity index (χ0) is 31.6. The molecule has 3 N–H and O–H groups in total. The van der Waals surface area contributed by atoms with Crippen LogP contribution in [0, 0.1) is 0 Å². The van der Waals surface area contributed by atoms with Crippen LogP contribution in [0.4, 0.5) is 5.82 Å². The summed E-state index contributed by atoms with van der Waals surface area (Å²) in [6, 6.07) is 5.72. The number of carboxylic acid groups (broad SMARTS) is 1. The highest BCUT2D eigenvalue weighted by molar-refractivity contribution is 6.05. The average molecular weight is 610 g/mol. The topological polar surface area (TPSA) is 161 Å². The molecule has 0 unspecified atom stereocenters. The molecule has 6 rings (SSSR count). The molecule has 4 aromatic rings. The fourth-order valence-electron chi connectivity index (χ4n) is 6.38. The molecule has 2 fully saturated rings. The van der Waals surface area contributed by atoms with E-state index in [9.17, 15) is 14.4 Å². The van der Waals surface area contributed by atoms with Gasteiger partial charge in [0.25, 0.3) is 11.8 Å². The fraction of sp³-hybridized carbons (Fsp3) is 0.364. The van der Waals surface area contributed by atoms with Gasteiger partial charge in [-0.05, 0) is 68.7 Å². The quantitative estimate of drug-likeness (QED) is 0.213. The number of carbonyl (C=O) groups excluding carboxylic acids is 2. The first-order valence-electron chi connectivity index (χ1n) is 15.2. The van der Waals surface area contributed by atoms with Crippen LogP contribution in [-0.2, 0) is 16.6 Å². The Bertz CT molecular complexity index is 1790. The SMILES string of the molecule is CCOc1nc(NC(=O)C2(NC(=O)c3ccc4c(C5CCCC5)c(-c5cnccn5)n(C)c4c3)CCC2)cnc1/C=C/C(=O)O. The van der Waals surface area contributed by atoms with E-state index in [0.29, 0.717) is 24.3 Å². The maximum atomic E-state index is 13.7. The molecule has 2 saturated carbocycles. The Labute approximate surface area is 260 Å². The van der Waals surface area contributed by atoms with Gasteiger partial charge in [0.2, 0.25) is 5.88 Å². The second-order valence-corrected chi connectivity index (χ2v) is 11.5. The highest BCUT2D eigenvalue weighted by Crippen LogP contribution is 2.44. The first kappa shape index (κ1) is 29.9. The molecule has 2 aliphatic rings. The molecular formula is C33H35N7O5. The van der Waals surface area contributed by atoms with Crippen molar-refractivity contribution in [2.75, 3.05) is 11.9 Å². The zero-order valence-corrected chi connectivity index (χ0v) is 25.2. The Morgan fingerprint density at radius 1 is 1.11 bits per heavy atom. The van der Waals surface area contributed by atoms with Gasteiger partial charge in [-0.15, -0.1) is 0 Å². The first-order chi connectivity index (χ1) is 21.8. The number of fused-ring (bicyclic) bond motifs is 1. The van der Waals surface area contributed by atoms with Gasteiger partial charge in [-0.3, -0.25) is 19.6 Å². The van der Waals surface area contributed by atoms with Crippen molar-refractivity contribution in [1.82, 2.24) is 29.8 Å². The molecule has 12 nitrogen and oxygen atoms in total. The molecule has 2 aliphatic carbocycles. The number of anilines is 1. The third kappa shape index (κ3) is 5.87. The minimum Gasteiger partial charge on any atom is -0.478 e. The van der Waals surface area contributed by atoms with E-state index in [1.807, 2.05) is 25.2 Å². The smallest absolute Gasteiger partial charge is 0.328 e. The summed E-state index contributed by atoms with van der Waals surface area (Å²) < 4.78 is 7.60. The number of nitrogens with zero attached hydrogens (tertiary/aromatic N) is 5. The van der Waals surface area contributed by atoms with Crippen LogP contribution in [0.15, 0.2) is 49.1 Å². The Morgan fingerprint density at radius 2 is 1.91 bits per heavy atom. The maximum Gasteiger partial charge on any atom is 0.328 e. The van der Waals surface area contributed by atoms with E-state index in [-0.39, 0.29) is 29.9 Å². The van der Waals surface area contributed by atoms with Crippen LogP contribution in [0.3, 0.4) is 0 Å². The summed E-state index contributed by atoms with van der Waals surface area (Å²) in [5.74, 6) is -1.23. The number of rotatable bonds is 10. The number of benzene rings is 1. The van der Waals surface area contributed by atoms with E-state index >= 15 is 0 Å². The van der Waals surface area contributed by atoms with Crippen LogP contribution in [0.25, 0.3) is 28.4 Å². The molecule has 0 spiro atoms. The van der Waals surface area contributed by atoms with E-state index in [4.69, 9.17) is 9.84 Å². The zero-order valence-electron chi connectivity index (χ0n) is 25.2. The minimum atomic E-state index is -1.13. The van der Waals surface area contributed by atoms with Gasteiger partial charge in [0.15, 0.2) is 5.82 Å². The number of aryl methyl sites for hydroxylation is 1. The predicted octanol–water partition coefficient (Wildman–Crippen LogP) is 4.87. The van der Waals surface area contributed by atoms with Crippen molar-refractivity contribution in [3.63, 3.8) is 0 Å². The maximum absolute atomic E-state index is 13.7. The monoisotopic (exact) mass is 609 g/mol. The van der Waals surface area contributed by atoms with Crippen LogP contribution in [0.5, 0.6) is 5.88 Å². The van der Waals surface area contributed by atoms with Crippen molar-refractivity contribution in [3.05, 3.63) is 65.9 Å². The first-order valence-corrected chi connectivity index (χ1v) is 15.2. The van der Waals surface area contributed by atoms with Crippen LogP contribution in [0.1, 0.15) is 79.4 Å². The van der Waals surface area contributed by atoms with Gasteiger partial charge < -0.3 is 25.0 Å². The fourth-order valence-corrected chi connectivity index (χ4v) is 6.38. The summed E-state index contributed by atoms with van der Waals surface area (Å²) in [5, 5.41) is 15.8. The lowest BCUT2D eigenvalue weighted by molar-refractivity contribution is -0.131. The van der Waals surface area contributed by atoms with Crippen molar-refractivity contribution in [2.24, 2.45) is 7.05 Å². The van der Waals surface area contributed by atoms with Gasteiger partial charge >= 0.3 is 5.97 Å². The second-order valence-electron chi connectivity index (χ2n) is 11.5. The van der Waals surface area contributed by atoms with Crippen molar-refractivity contribution in [3.8, 4) is 17.3 Å². The number of hydrogen-bond acceptors (Lipinski definition) is 8. The van der Waals surface area contributed by atoms with Crippen LogP contribution < -0.4 is 15.4 Å². The van der Waals surface area contributed by atoms with Crippen molar-refractivity contribution in [2.45, 2.75) is 63.3 Å². The van der Waals surface area contributed by atoms with E-state index in [1.54, 1.807) is 25.5 Å². The highest BCUT2D eigenvalue weighted by Gasteiger charge is 2.46. The molecule has 2 amide bonds. The largest absolute Gasteiger partial charge is 0.478 e. The standard InChI is InChI=1S/C33H35N7O5/c1-3-45-31-23(11-12-27(41)42)36-19-26(37-31)38-32(44)33(13-6-14-33)39-30(43)21-9-10-22-25(17-21)40(2)29(24-18-34-15-16-35-24)28(22)20-7-4-5-8-20/h9-12,15-20H,3-8,13-14H2,1-2H3,(H,39,43)(H,41,42)(H,37,38,44)/b12-11+. The Hall–Kier alpha value is -5.13. The van der Waals surface area contributed by atoms with E-state index < -0.39 is 17.4 Å². The molecule has 0 bridgehead atoms. The number of carbonyl (C=O) groups is 3. The van der Waals surface area contributed by atoms with Crippen molar-refractivity contribution < 1.29 is 24.2 Å². The molecule has 0 atom stereocenters. The van der Waals surface area contributed by atoms with E-state index in [2.05, 4.69) is 35.1 Å². The molecule has 0 saturated heterocycles. The minimum absolute atomic E-state index is 0.0909. The lowest BCUT2D eigenvalue weighted by atomic mass is 9.75. The summed E-state index contributed by atoms with van der Waals surface area (Å²) in [6.45, 7) is 2.03. The predicted molar refractivity (Wildman–Crippen MR) is 168 cm³/mol. The molecule has 45 heavy (non-hydrogen) atoms. The molecule has 12 heteroatoms.